The molecule has 2 aromatic carbocycles. The summed E-state index contributed by atoms with van der Waals surface area (Å²) >= 11 is 0. The van der Waals surface area contributed by atoms with Crippen molar-refractivity contribution < 1.29 is 14.2 Å². The van der Waals surface area contributed by atoms with Crippen molar-refractivity contribution >= 4 is 41.0 Å². The van der Waals surface area contributed by atoms with Gasteiger partial charge < -0.3 is 29.8 Å². The van der Waals surface area contributed by atoms with E-state index in [-0.39, 0.29) is 24.0 Å². The quantitative estimate of drug-likeness (QED) is 0.238. The number of aliphatic imine (C=N–C) groups is 1. The Kier molecular flexibility index (Phi) is 9.03. The van der Waals surface area contributed by atoms with Crippen molar-refractivity contribution in [3.8, 4) is 17.2 Å². The van der Waals surface area contributed by atoms with Gasteiger partial charge in [0, 0.05) is 26.6 Å². The fraction of sp³-hybridized carbons (Fsp3) is 0.333. The molecule has 0 atom stereocenters. The molecule has 0 amide bonds. The standard InChI is InChI=1S/C21H27N5O3.HI/c1-22-21(23-10-9-19-25-15-7-5-6-8-16(15)26-19)24-13-14-11-17(27-2)20(29-4)18(12-14)28-3;/h5-8,11-12H,9-10,13H2,1-4H3,(H,25,26)(H2,22,23,24);1H. The van der Waals surface area contributed by atoms with Gasteiger partial charge in [-0.2, -0.15) is 0 Å². The lowest BCUT2D eigenvalue weighted by Crippen LogP contribution is -2.37. The molecule has 0 bridgehead atoms. The summed E-state index contributed by atoms with van der Waals surface area (Å²) in [5.41, 5.74) is 3.01. The zero-order valence-electron chi connectivity index (χ0n) is 17.6. The second kappa shape index (κ2) is 11.5. The van der Waals surface area contributed by atoms with Crippen LogP contribution in [0, 0.1) is 0 Å². The Morgan fingerprint density at radius 1 is 1.03 bits per heavy atom. The molecular formula is C21H28IN5O3. The molecule has 0 aliphatic carbocycles. The van der Waals surface area contributed by atoms with Gasteiger partial charge in [-0.1, -0.05) is 12.1 Å². The second-order valence-electron chi connectivity index (χ2n) is 6.34. The molecule has 3 aromatic rings. The SMILES string of the molecule is CN=C(NCCc1nc2ccccc2[nH]1)NCc1cc(OC)c(OC)c(OC)c1.I. The average molecular weight is 525 g/mol. The predicted molar refractivity (Wildman–Crippen MR) is 130 cm³/mol. The number of ether oxygens (including phenoxy) is 3. The van der Waals surface area contributed by atoms with Crippen LogP contribution in [0.1, 0.15) is 11.4 Å². The van der Waals surface area contributed by atoms with Crippen LogP contribution < -0.4 is 24.8 Å². The number of aromatic amines is 1. The van der Waals surface area contributed by atoms with Crippen LogP contribution in [0.4, 0.5) is 0 Å². The Morgan fingerprint density at radius 3 is 2.33 bits per heavy atom. The van der Waals surface area contributed by atoms with Crippen LogP contribution in [0.15, 0.2) is 41.4 Å². The minimum absolute atomic E-state index is 0. The van der Waals surface area contributed by atoms with E-state index < -0.39 is 0 Å². The number of benzene rings is 2. The Bertz CT molecular complexity index is 932. The van der Waals surface area contributed by atoms with E-state index in [1.165, 1.54) is 0 Å². The topological polar surface area (TPSA) is 92.8 Å². The summed E-state index contributed by atoms with van der Waals surface area (Å²) in [6, 6.07) is 11.8. The minimum atomic E-state index is 0. The van der Waals surface area contributed by atoms with E-state index in [2.05, 4.69) is 25.6 Å². The fourth-order valence-electron chi connectivity index (χ4n) is 3.07. The highest BCUT2D eigenvalue weighted by Gasteiger charge is 2.13. The van der Waals surface area contributed by atoms with Crippen molar-refractivity contribution in [2.75, 3.05) is 34.9 Å². The lowest BCUT2D eigenvalue weighted by molar-refractivity contribution is 0.323. The smallest absolute Gasteiger partial charge is 0.203 e. The number of nitrogens with zero attached hydrogens (tertiary/aromatic N) is 2. The van der Waals surface area contributed by atoms with Gasteiger partial charge in [-0.25, -0.2) is 4.98 Å². The molecular weight excluding hydrogens is 497 g/mol. The van der Waals surface area contributed by atoms with Crippen molar-refractivity contribution in [2.24, 2.45) is 4.99 Å². The first-order valence-corrected chi connectivity index (χ1v) is 9.35. The summed E-state index contributed by atoms with van der Waals surface area (Å²) in [6.45, 7) is 1.26. The van der Waals surface area contributed by atoms with Crippen molar-refractivity contribution in [2.45, 2.75) is 13.0 Å². The Labute approximate surface area is 193 Å². The maximum Gasteiger partial charge on any atom is 0.203 e. The normalized spacial score (nSPS) is 11.0. The van der Waals surface area contributed by atoms with E-state index in [1.807, 2.05) is 36.4 Å². The van der Waals surface area contributed by atoms with Gasteiger partial charge in [-0.15, -0.1) is 24.0 Å². The van der Waals surface area contributed by atoms with Crippen LogP contribution in [0.25, 0.3) is 11.0 Å². The van der Waals surface area contributed by atoms with Crippen molar-refractivity contribution in [1.29, 1.82) is 0 Å². The van der Waals surface area contributed by atoms with E-state index in [4.69, 9.17) is 14.2 Å². The number of guanidine groups is 1. The van der Waals surface area contributed by atoms with Crippen LogP contribution in [-0.2, 0) is 13.0 Å². The molecule has 0 aliphatic heterocycles. The van der Waals surface area contributed by atoms with Crippen molar-refractivity contribution in [1.82, 2.24) is 20.6 Å². The third kappa shape index (κ3) is 5.68. The predicted octanol–water partition coefficient (Wildman–Crippen LogP) is 3.11. The summed E-state index contributed by atoms with van der Waals surface area (Å²) < 4.78 is 16.2. The summed E-state index contributed by atoms with van der Waals surface area (Å²) in [7, 11) is 6.54. The maximum atomic E-state index is 5.40. The summed E-state index contributed by atoms with van der Waals surface area (Å²) in [6.07, 6.45) is 0.763. The molecule has 0 saturated carbocycles. The van der Waals surface area contributed by atoms with Crippen LogP contribution in [0.3, 0.4) is 0 Å². The molecule has 1 aromatic heterocycles. The number of para-hydroxylation sites is 2. The molecule has 162 valence electrons. The Hall–Kier alpha value is -2.69. The van der Waals surface area contributed by atoms with Gasteiger partial charge in [-0.3, -0.25) is 4.99 Å². The lowest BCUT2D eigenvalue weighted by Gasteiger charge is -2.15. The first-order valence-electron chi connectivity index (χ1n) is 9.35. The van der Waals surface area contributed by atoms with Gasteiger partial charge in [0.15, 0.2) is 17.5 Å². The lowest BCUT2D eigenvalue weighted by atomic mass is 10.2. The third-order valence-corrected chi connectivity index (χ3v) is 4.50. The van der Waals surface area contributed by atoms with Gasteiger partial charge in [-0.05, 0) is 29.8 Å². The molecule has 0 aliphatic rings. The first kappa shape index (κ1) is 23.6. The number of imidazole rings is 1. The van der Waals surface area contributed by atoms with E-state index in [9.17, 15) is 0 Å². The monoisotopic (exact) mass is 525 g/mol. The van der Waals surface area contributed by atoms with E-state index in [0.29, 0.717) is 36.3 Å². The zero-order valence-corrected chi connectivity index (χ0v) is 19.9. The molecule has 0 radical (unpaired) electrons. The molecule has 1 heterocycles. The van der Waals surface area contributed by atoms with Crippen LogP contribution in [-0.4, -0.2) is 50.8 Å². The highest BCUT2D eigenvalue weighted by molar-refractivity contribution is 14.0. The van der Waals surface area contributed by atoms with E-state index >= 15 is 0 Å². The largest absolute Gasteiger partial charge is 0.493 e. The van der Waals surface area contributed by atoms with Crippen LogP contribution in [0.2, 0.25) is 0 Å². The molecule has 3 N–H and O–H groups in total. The number of H-pyrrole nitrogens is 1. The number of methoxy groups -OCH3 is 3. The van der Waals surface area contributed by atoms with Gasteiger partial charge in [0.25, 0.3) is 0 Å². The number of hydrogen-bond donors (Lipinski definition) is 3. The number of nitrogens with one attached hydrogen (secondary N) is 3. The fourth-order valence-corrected chi connectivity index (χ4v) is 3.07. The molecule has 3 rings (SSSR count). The van der Waals surface area contributed by atoms with Crippen molar-refractivity contribution in [3.63, 3.8) is 0 Å². The highest BCUT2D eigenvalue weighted by atomic mass is 127. The molecule has 0 unspecified atom stereocenters. The van der Waals surface area contributed by atoms with Gasteiger partial charge >= 0.3 is 0 Å². The Balaban J connectivity index is 0.00000320. The number of hydrogen-bond acceptors (Lipinski definition) is 5. The molecule has 0 spiro atoms. The number of aromatic nitrogens is 2. The number of halogens is 1. The van der Waals surface area contributed by atoms with Gasteiger partial charge in [0.1, 0.15) is 5.82 Å². The number of rotatable bonds is 8. The molecule has 30 heavy (non-hydrogen) atoms. The number of fused-ring (bicyclic) bond motifs is 1. The minimum Gasteiger partial charge on any atom is -0.493 e. The third-order valence-electron chi connectivity index (χ3n) is 4.50. The van der Waals surface area contributed by atoms with Crippen LogP contribution >= 0.6 is 24.0 Å². The summed E-state index contributed by atoms with van der Waals surface area (Å²) in [4.78, 5) is 12.2. The van der Waals surface area contributed by atoms with E-state index in [0.717, 1.165) is 28.8 Å². The summed E-state index contributed by atoms with van der Waals surface area (Å²) in [5.74, 6) is 3.47. The van der Waals surface area contributed by atoms with Crippen molar-refractivity contribution in [3.05, 3.63) is 47.8 Å². The second-order valence-corrected chi connectivity index (χ2v) is 6.34. The van der Waals surface area contributed by atoms with Crippen LogP contribution in [0.5, 0.6) is 17.2 Å². The highest BCUT2D eigenvalue weighted by Crippen LogP contribution is 2.38. The van der Waals surface area contributed by atoms with E-state index in [1.54, 1.807) is 28.4 Å². The van der Waals surface area contributed by atoms with Gasteiger partial charge in [0.2, 0.25) is 5.75 Å². The summed E-state index contributed by atoms with van der Waals surface area (Å²) in [5, 5.41) is 6.60. The maximum absolute atomic E-state index is 5.40. The molecule has 0 saturated heterocycles. The zero-order chi connectivity index (χ0) is 20.6. The Morgan fingerprint density at radius 2 is 1.73 bits per heavy atom. The molecule has 8 nitrogen and oxygen atoms in total. The van der Waals surface area contributed by atoms with Gasteiger partial charge in [0.05, 0.1) is 32.4 Å². The molecule has 0 fully saturated rings. The average Bonchev–Trinajstić information content (AvgIpc) is 3.17. The molecule has 9 heteroatoms. The first-order chi connectivity index (χ1) is 14.2.